The summed E-state index contributed by atoms with van der Waals surface area (Å²) in [6, 6.07) is 14.8. The Morgan fingerprint density at radius 2 is 1.72 bits per heavy atom. The van der Waals surface area contributed by atoms with E-state index in [1.807, 2.05) is 6.07 Å². The molecule has 1 aliphatic heterocycles. The summed E-state index contributed by atoms with van der Waals surface area (Å²) in [6.07, 6.45) is 1.32. The van der Waals surface area contributed by atoms with Crippen molar-refractivity contribution >= 4 is 22.3 Å². The molecule has 0 aliphatic carbocycles. The first-order chi connectivity index (χ1) is 13.9. The van der Waals surface area contributed by atoms with Crippen molar-refractivity contribution in [1.82, 2.24) is 4.98 Å². The molecule has 3 aromatic rings. The topological polar surface area (TPSA) is 48.1 Å². The summed E-state index contributed by atoms with van der Waals surface area (Å²) in [5, 5.41) is 4.48. The number of benzene rings is 2. The molecule has 0 saturated carbocycles. The van der Waals surface area contributed by atoms with Gasteiger partial charge >= 0.3 is 0 Å². The summed E-state index contributed by atoms with van der Waals surface area (Å²) in [4.78, 5) is 18.1. The molecule has 4 nitrogen and oxygen atoms in total. The summed E-state index contributed by atoms with van der Waals surface area (Å²) >= 11 is 0. The zero-order chi connectivity index (χ0) is 20.5. The summed E-state index contributed by atoms with van der Waals surface area (Å²) in [6.45, 7) is 11.6. The van der Waals surface area contributed by atoms with Crippen LogP contribution in [0, 0.1) is 25.7 Å². The van der Waals surface area contributed by atoms with Gasteiger partial charge in [0.15, 0.2) is 0 Å². The molecule has 0 amide bonds. The lowest BCUT2D eigenvalue weighted by Crippen LogP contribution is -2.38. The fraction of sp³-hybridized carbons (Fsp3) is 0.400. The number of hydrogen-bond donors (Lipinski definition) is 2. The molecule has 1 aromatic heterocycles. The second-order valence-electron chi connectivity index (χ2n) is 8.85. The van der Waals surface area contributed by atoms with Crippen molar-refractivity contribution < 1.29 is 0 Å². The molecule has 0 spiro atoms. The van der Waals surface area contributed by atoms with Gasteiger partial charge in [0.25, 0.3) is 5.56 Å². The van der Waals surface area contributed by atoms with Gasteiger partial charge in [0.1, 0.15) is 0 Å². The summed E-state index contributed by atoms with van der Waals surface area (Å²) < 4.78 is 0. The molecule has 2 aromatic carbocycles. The number of anilines is 2. The molecule has 152 valence electrons. The van der Waals surface area contributed by atoms with Gasteiger partial charge in [-0.25, -0.2) is 0 Å². The molecule has 1 aliphatic rings. The van der Waals surface area contributed by atoms with E-state index in [1.165, 1.54) is 17.7 Å². The van der Waals surface area contributed by atoms with Gasteiger partial charge in [-0.3, -0.25) is 4.79 Å². The van der Waals surface area contributed by atoms with Crippen LogP contribution in [0.3, 0.4) is 0 Å². The van der Waals surface area contributed by atoms with Crippen molar-refractivity contribution in [1.29, 1.82) is 0 Å². The third kappa shape index (κ3) is 4.16. The number of aromatic nitrogens is 1. The van der Waals surface area contributed by atoms with E-state index in [1.54, 1.807) is 0 Å². The molecular formula is C25H31N3O. The number of aromatic amines is 1. The lowest BCUT2D eigenvalue weighted by atomic mass is 9.91. The first kappa shape index (κ1) is 19.6. The second-order valence-corrected chi connectivity index (χ2v) is 8.85. The number of nitrogens with one attached hydrogen (secondary N) is 2. The predicted molar refractivity (Wildman–Crippen MR) is 123 cm³/mol. The molecule has 2 atom stereocenters. The van der Waals surface area contributed by atoms with Crippen molar-refractivity contribution in [3.05, 3.63) is 69.5 Å². The van der Waals surface area contributed by atoms with Crippen LogP contribution in [-0.2, 0) is 6.54 Å². The zero-order valence-corrected chi connectivity index (χ0v) is 17.9. The fourth-order valence-electron chi connectivity index (χ4n) is 4.56. The average Bonchev–Trinajstić information content (AvgIpc) is 2.69. The van der Waals surface area contributed by atoms with Crippen LogP contribution in [0.4, 0.5) is 11.4 Å². The molecule has 4 rings (SSSR count). The predicted octanol–water partition coefficient (Wildman–Crippen LogP) is 5.24. The van der Waals surface area contributed by atoms with Crippen LogP contribution in [0.15, 0.2) is 47.3 Å². The van der Waals surface area contributed by atoms with Crippen LogP contribution in [0.2, 0.25) is 0 Å². The van der Waals surface area contributed by atoms with E-state index in [0.29, 0.717) is 6.54 Å². The minimum Gasteiger partial charge on any atom is -0.381 e. The lowest BCUT2D eigenvalue weighted by Gasteiger charge is -2.36. The van der Waals surface area contributed by atoms with Crippen LogP contribution >= 0.6 is 0 Å². The van der Waals surface area contributed by atoms with E-state index in [2.05, 4.69) is 79.3 Å². The number of fused-ring (bicyclic) bond motifs is 1. The van der Waals surface area contributed by atoms with Crippen LogP contribution < -0.4 is 15.8 Å². The SMILES string of the molecule is Cc1ccc2cc(CNc3ccc(N4C[C@H](C)C[C@@H](C)C4)cc3)c(=O)[nH]c2c1C. The Morgan fingerprint density at radius 3 is 2.41 bits per heavy atom. The van der Waals surface area contributed by atoms with E-state index >= 15 is 0 Å². The average molecular weight is 390 g/mol. The Bertz CT molecular complexity index is 1060. The van der Waals surface area contributed by atoms with Gasteiger partial charge in [-0.1, -0.05) is 26.0 Å². The largest absolute Gasteiger partial charge is 0.381 e. The van der Waals surface area contributed by atoms with Crippen LogP contribution in [0.1, 0.15) is 37.0 Å². The first-order valence-corrected chi connectivity index (χ1v) is 10.6. The molecule has 1 fully saturated rings. The van der Waals surface area contributed by atoms with E-state index in [0.717, 1.165) is 52.6 Å². The monoisotopic (exact) mass is 389 g/mol. The first-order valence-electron chi connectivity index (χ1n) is 10.6. The highest BCUT2D eigenvalue weighted by atomic mass is 16.1. The number of piperidine rings is 1. The highest BCUT2D eigenvalue weighted by Crippen LogP contribution is 2.27. The molecule has 29 heavy (non-hydrogen) atoms. The zero-order valence-electron chi connectivity index (χ0n) is 17.9. The van der Waals surface area contributed by atoms with Crippen LogP contribution in [-0.4, -0.2) is 18.1 Å². The molecule has 1 saturated heterocycles. The molecule has 0 radical (unpaired) electrons. The normalized spacial score (nSPS) is 19.5. The maximum Gasteiger partial charge on any atom is 0.253 e. The number of aryl methyl sites for hydroxylation is 2. The number of pyridine rings is 1. The lowest BCUT2D eigenvalue weighted by molar-refractivity contribution is 0.357. The minimum absolute atomic E-state index is 0.0217. The van der Waals surface area contributed by atoms with Crippen molar-refractivity contribution in [2.45, 2.75) is 40.7 Å². The standard InChI is InChI=1S/C25H31N3O/c1-16-11-17(2)15-28(14-16)23-9-7-22(8-10-23)26-13-21-12-20-6-5-18(3)19(4)24(20)27-25(21)29/h5-10,12,16-17,26H,11,13-15H2,1-4H3,(H,27,29)/t16-,17-/m1/s1. The molecule has 2 N–H and O–H groups in total. The van der Waals surface area contributed by atoms with Gasteiger partial charge in [-0.2, -0.15) is 0 Å². The Kier molecular flexibility index (Phi) is 5.35. The van der Waals surface area contributed by atoms with Gasteiger partial charge in [-0.05, 0) is 78.9 Å². The van der Waals surface area contributed by atoms with Gasteiger partial charge in [-0.15, -0.1) is 0 Å². The van der Waals surface area contributed by atoms with Crippen LogP contribution in [0.25, 0.3) is 10.9 Å². The molecule has 4 heteroatoms. The molecule has 0 bridgehead atoms. The van der Waals surface area contributed by atoms with Gasteiger partial charge in [0, 0.05) is 36.6 Å². The van der Waals surface area contributed by atoms with E-state index < -0.39 is 0 Å². The minimum atomic E-state index is -0.0217. The Labute approximate surface area is 173 Å². The molecule has 2 heterocycles. The van der Waals surface area contributed by atoms with Gasteiger partial charge in [0.2, 0.25) is 0 Å². The van der Waals surface area contributed by atoms with Crippen LogP contribution in [0.5, 0.6) is 0 Å². The van der Waals surface area contributed by atoms with E-state index in [4.69, 9.17) is 0 Å². The number of rotatable bonds is 4. The number of H-pyrrole nitrogens is 1. The van der Waals surface area contributed by atoms with Crippen molar-refractivity contribution in [3.8, 4) is 0 Å². The Morgan fingerprint density at radius 1 is 1.03 bits per heavy atom. The smallest absolute Gasteiger partial charge is 0.253 e. The highest BCUT2D eigenvalue weighted by molar-refractivity contribution is 5.83. The number of hydrogen-bond acceptors (Lipinski definition) is 3. The van der Waals surface area contributed by atoms with E-state index in [-0.39, 0.29) is 5.56 Å². The maximum absolute atomic E-state index is 12.5. The quantitative estimate of drug-likeness (QED) is 0.641. The van der Waals surface area contributed by atoms with Crippen molar-refractivity contribution in [2.24, 2.45) is 11.8 Å². The van der Waals surface area contributed by atoms with Crippen molar-refractivity contribution in [3.63, 3.8) is 0 Å². The van der Waals surface area contributed by atoms with Crippen molar-refractivity contribution in [2.75, 3.05) is 23.3 Å². The van der Waals surface area contributed by atoms with Gasteiger partial charge < -0.3 is 15.2 Å². The Balaban J connectivity index is 1.47. The van der Waals surface area contributed by atoms with E-state index in [9.17, 15) is 4.79 Å². The second kappa shape index (κ2) is 7.94. The number of nitrogens with zero attached hydrogens (tertiary/aromatic N) is 1. The van der Waals surface area contributed by atoms with Gasteiger partial charge in [0.05, 0.1) is 5.52 Å². The summed E-state index contributed by atoms with van der Waals surface area (Å²) in [5.74, 6) is 1.48. The third-order valence-electron chi connectivity index (χ3n) is 6.21. The Hall–Kier alpha value is -2.75. The third-order valence-corrected chi connectivity index (χ3v) is 6.21. The molecular weight excluding hydrogens is 358 g/mol. The maximum atomic E-state index is 12.5. The fourth-order valence-corrected chi connectivity index (χ4v) is 4.56. The summed E-state index contributed by atoms with van der Waals surface area (Å²) in [5.41, 5.74) is 6.31. The molecule has 0 unspecified atom stereocenters. The highest BCUT2D eigenvalue weighted by Gasteiger charge is 2.21. The summed E-state index contributed by atoms with van der Waals surface area (Å²) in [7, 11) is 0.